The van der Waals surface area contributed by atoms with Crippen molar-refractivity contribution in [3.8, 4) is 0 Å². The van der Waals surface area contributed by atoms with Gasteiger partial charge in [-0.05, 0) is 32.9 Å². The Morgan fingerprint density at radius 2 is 1.72 bits per heavy atom. The number of rotatable bonds is 6. The van der Waals surface area contributed by atoms with E-state index >= 15 is 0 Å². The van der Waals surface area contributed by atoms with Gasteiger partial charge in [-0.3, -0.25) is 0 Å². The van der Waals surface area contributed by atoms with E-state index in [-0.39, 0.29) is 17.0 Å². The van der Waals surface area contributed by atoms with E-state index in [1.807, 2.05) is 38.1 Å². The van der Waals surface area contributed by atoms with Crippen LogP contribution in [0.3, 0.4) is 0 Å². The van der Waals surface area contributed by atoms with Crippen LogP contribution in [0.25, 0.3) is 0 Å². The lowest BCUT2D eigenvalue weighted by atomic mass is 10.1. The summed E-state index contributed by atoms with van der Waals surface area (Å²) in [7, 11) is -3.04. The van der Waals surface area contributed by atoms with Gasteiger partial charge in [0, 0.05) is 6.04 Å². The molecule has 3 nitrogen and oxygen atoms in total. The van der Waals surface area contributed by atoms with Crippen LogP contribution in [0, 0.1) is 6.92 Å². The molecule has 0 bridgehead atoms. The molecule has 0 saturated carbocycles. The van der Waals surface area contributed by atoms with E-state index in [1.54, 1.807) is 13.8 Å². The molecule has 0 aliphatic rings. The van der Waals surface area contributed by atoms with Crippen molar-refractivity contribution in [3.63, 3.8) is 0 Å². The fraction of sp³-hybridized carbons (Fsp3) is 0.571. The summed E-state index contributed by atoms with van der Waals surface area (Å²) in [6.07, 6.45) is 0. The van der Waals surface area contributed by atoms with Crippen molar-refractivity contribution >= 4 is 9.84 Å². The van der Waals surface area contributed by atoms with E-state index in [0.29, 0.717) is 0 Å². The van der Waals surface area contributed by atoms with Gasteiger partial charge in [0.1, 0.15) is 0 Å². The SMILES string of the molecule is CCNC(CS(=O)(=O)C(C)C)c1ccc(C)cc1. The Labute approximate surface area is 111 Å². The van der Waals surface area contributed by atoms with Crippen LogP contribution in [0.5, 0.6) is 0 Å². The molecule has 1 unspecified atom stereocenters. The van der Waals surface area contributed by atoms with Crippen LogP contribution >= 0.6 is 0 Å². The first-order valence-corrected chi connectivity index (χ1v) is 8.10. The molecule has 18 heavy (non-hydrogen) atoms. The van der Waals surface area contributed by atoms with Gasteiger partial charge in [-0.1, -0.05) is 36.8 Å². The number of sulfone groups is 1. The first kappa shape index (κ1) is 15.2. The zero-order valence-electron chi connectivity index (χ0n) is 11.6. The van der Waals surface area contributed by atoms with Gasteiger partial charge in [0.15, 0.2) is 9.84 Å². The number of nitrogens with one attached hydrogen (secondary N) is 1. The number of hydrogen-bond acceptors (Lipinski definition) is 3. The second kappa shape index (κ2) is 6.34. The fourth-order valence-electron chi connectivity index (χ4n) is 1.74. The second-order valence-electron chi connectivity index (χ2n) is 4.90. The third-order valence-electron chi connectivity index (χ3n) is 3.05. The van der Waals surface area contributed by atoms with Crippen LogP contribution in [0.4, 0.5) is 0 Å². The third-order valence-corrected chi connectivity index (χ3v) is 5.28. The molecule has 0 amide bonds. The van der Waals surface area contributed by atoms with E-state index in [0.717, 1.165) is 12.1 Å². The maximum Gasteiger partial charge on any atom is 0.154 e. The Bertz CT molecular complexity index is 463. The minimum absolute atomic E-state index is 0.122. The number of aryl methyl sites for hydroxylation is 1. The molecule has 0 radical (unpaired) electrons. The maximum atomic E-state index is 12.0. The molecule has 0 saturated heterocycles. The first-order valence-electron chi connectivity index (χ1n) is 6.38. The summed E-state index contributed by atoms with van der Waals surface area (Å²) in [4.78, 5) is 0. The topological polar surface area (TPSA) is 46.2 Å². The van der Waals surface area contributed by atoms with Crippen LogP contribution in [0.2, 0.25) is 0 Å². The molecule has 0 spiro atoms. The fourth-order valence-corrected chi connectivity index (χ4v) is 2.90. The maximum absolute atomic E-state index is 12.0. The van der Waals surface area contributed by atoms with Crippen molar-refractivity contribution in [1.82, 2.24) is 5.32 Å². The van der Waals surface area contributed by atoms with Crippen molar-refractivity contribution in [2.75, 3.05) is 12.3 Å². The summed E-state index contributed by atoms with van der Waals surface area (Å²) in [6.45, 7) is 8.23. The standard InChI is InChI=1S/C14H23NO2S/c1-5-15-14(10-18(16,17)11(2)3)13-8-6-12(4)7-9-13/h6-9,11,14-15H,5,10H2,1-4H3. The Morgan fingerprint density at radius 3 is 2.17 bits per heavy atom. The van der Waals surface area contributed by atoms with Crippen molar-refractivity contribution in [3.05, 3.63) is 35.4 Å². The number of hydrogen-bond donors (Lipinski definition) is 1. The third kappa shape index (κ3) is 4.10. The largest absolute Gasteiger partial charge is 0.309 e. The molecular weight excluding hydrogens is 246 g/mol. The molecule has 0 fully saturated rings. The molecule has 0 heterocycles. The van der Waals surface area contributed by atoms with E-state index in [1.165, 1.54) is 5.56 Å². The molecule has 1 atom stereocenters. The van der Waals surface area contributed by atoms with Crippen LogP contribution < -0.4 is 5.32 Å². The summed E-state index contributed by atoms with van der Waals surface area (Å²) in [5, 5.41) is 2.92. The van der Waals surface area contributed by atoms with Crippen LogP contribution in [-0.4, -0.2) is 26.0 Å². The van der Waals surface area contributed by atoms with Gasteiger partial charge < -0.3 is 5.32 Å². The molecule has 1 rings (SSSR count). The van der Waals surface area contributed by atoms with Crippen molar-refractivity contribution in [2.24, 2.45) is 0 Å². The van der Waals surface area contributed by atoms with Gasteiger partial charge in [-0.15, -0.1) is 0 Å². The van der Waals surface area contributed by atoms with Crippen LogP contribution in [0.1, 0.15) is 37.9 Å². The number of benzene rings is 1. The van der Waals surface area contributed by atoms with Gasteiger partial charge in [-0.2, -0.15) is 0 Å². The average Bonchev–Trinajstić information content (AvgIpc) is 2.29. The minimum Gasteiger partial charge on any atom is -0.309 e. The van der Waals surface area contributed by atoms with Gasteiger partial charge in [0.25, 0.3) is 0 Å². The van der Waals surface area contributed by atoms with Gasteiger partial charge >= 0.3 is 0 Å². The normalized spacial score (nSPS) is 13.8. The Hall–Kier alpha value is -0.870. The Morgan fingerprint density at radius 1 is 1.17 bits per heavy atom. The Kier molecular flexibility index (Phi) is 5.35. The lowest BCUT2D eigenvalue weighted by molar-refractivity contribution is 0.553. The quantitative estimate of drug-likeness (QED) is 0.863. The lowest BCUT2D eigenvalue weighted by Crippen LogP contribution is -2.31. The minimum atomic E-state index is -3.04. The van der Waals surface area contributed by atoms with E-state index in [4.69, 9.17) is 0 Å². The smallest absolute Gasteiger partial charge is 0.154 e. The van der Waals surface area contributed by atoms with Crippen LogP contribution in [-0.2, 0) is 9.84 Å². The summed E-state index contributed by atoms with van der Waals surface area (Å²) < 4.78 is 24.0. The lowest BCUT2D eigenvalue weighted by Gasteiger charge is -2.20. The van der Waals surface area contributed by atoms with Gasteiger partial charge in [-0.25, -0.2) is 8.42 Å². The zero-order valence-corrected chi connectivity index (χ0v) is 12.4. The Balaban J connectivity index is 2.93. The summed E-state index contributed by atoms with van der Waals surface area (Å²) in [5.41, 5.74) is 2.22. The zero-order chi connectivity index (χ0) is 13.8. The predicted octanol–water partition coefficient (Wildman–Crippen LogP) is 2.47. The molecule has 1 aromatic rings. The highest BCUT2D eigenvalue weighted by atomic mass is 32.2. The molecule has 4 heteroatoms. The summed E-state index contributed by atoms with van der Waals surface area (Å²) in [5.74, 6) is 0.154. The molecule has 102 valence electrons. The van der Waals surface area contributed by atoms with Gasteiger partial charge in [0.2, 0.25) is 0 Å². The van der Waals surface area contributed by atoms with E-state index < -0.39 is 9.84 Å². The molecule has 0 aromatic heterocycles. The van der Waals surface area contributed by atoms with Crippen LogP contribution in [0.15, 0.2) is 24.3 Å². The molecule has 0 aliphatic heterocycles. The van der Waals surface area contributed by atoms with Crippen molar-refractivity contribution in [2.45, 2.75) is 39.0 Å². The summed E-state index contributed by atoms with van der Waals surface area (Å²) >= 11 is 0. The summed E-state index contributed by atoms with van der Waals surface area (Å²) in [6, 6.07) is 7.91. The predicted molar refractivity (Wildman–Crippen MR) is 76.5 cm³/mol. The van der Waals surface area contributed by atoms with Gasteiger partial charge in [0.05, 0.1) is 11.0 Å². The van der Waals surface area contributed by atoms with E-state index in [2.05, 4.69) is 5.32 Å². The van der Waals surface area contributed by atoms with Crippen molar-refractivity contribution < 1.29 is 8.42 Å². The van der Waals surface area contributed by atoms with E-state index in [9.17, 15) is 8.42 Å². The average molecular weight is 269 g/mol. The monoisotopic (exact) mass is 269 g/mol. The molecule has 1 N–H and O–H groups in total. The molecule has 1 aromatic carbocycles. The highest BCUT2D eigenvalue weighted by Gasteiger charge is 2.22. The highest BCUT2D eigenvalue weighted by molar-refractivity contribution is 7.92. The molecule has 0 aliphatic carbocycles. The van der Waals surface area contributed by atoms with Crippen molar-refractivity contribution in [1.29, 1.82) is 0 Å². The molecular formula is C14H23NO2S. The second-order valence-corrected chi connectivity index (χ2v) is 7.50. The first-order chi connectivity index (χ1) is 8.36. The highest BCUT2D eigenvalue weighted by Crippen LogP contribution is 2.18.